The zero-order valence-corrected chi connectivity index (χ0v) is 6.01. The summed E-state index contributed by atoms with van der Waals surface area (Å²) in [5.74, 6) is 0. The van der Waals surface area contributed by atoms with Crippen molar-refractivity contribution in [2.75, 3.05) is 6.61 Å². The number of hydrogen-bond donors (Lipinski definition) is 2. The third kappa shape index (κ3) is 1130. The second-order valence-corrected chi connectivity index (χ2v) is 0.554. The number of aliphatic hydroxyl groups is 1. The van der Waals surface area contributed by atoms with E-state index >= 15 is 0 Å². The first-order chi connectivity index (χ1) is 3.15. The quantitative estimate of drug-likeness (QED) is 0.468. The molecule has 0 fully saturated rings. The number of hydrogen-bond acceptors (Lipinski definition) is 3. The SMILES string of the molecule is CCO.O=[N+]([O-])O.[Er]. The van der Waals surface area contributed by atoms with Gasteiger partial charge >= 0.3 is 0 Å². The summed E-state index contributed by atoms with van der Waals surface area (Å²) in [4.78, 5) is 8.36. The van der Waals surface area contributed by atoms with E-state index < -0.39 is 5.09 Å². The van der Waals surface area contributed by atoms with Crippen LogP contribution in [0.5, 0.6) is 0 Å². The first-order valence-electron chi connectivity index (χ1n) is 1.59. The average molecular weight is 276 g/mol. The van der Waals surface area contributed by atoms with E-state index in [2.05, 4.69) is 0 Å². The molecule has 0 heterocycles. The first kappa shape index (κ1) is 15.8. The van der Waals surface area contributed by atoms with Crippen LogP contribution in [0.3, 0.4) is 0 Å². The summed E-state index contributed by atoms with van der Waals surface area (Å²) in [5, 5.41) is 21.2. The molecule has 0 saturated carbocycles. The smallest absolute Gasteiger partial charge is 0.291 e. The molecule has 0 atom stereocenters. The fraction of sp³-hybridized carbons (Fsp3) is 1.00. The van der Waals surface area contributed by atoms with E-state index in [1.54, 1.807) is 6.92 Å². The van der Waals surface area contributed by atoms with Crippen LogP contribution in [0.1, 0.15) is 6.92 Å². The zero-order chi connectivity index (χ0) is 6.28. The molecule has 6 heteroatoms. The predicted molar refractivity (Wildman–Crippen MR) is 21.5 cm³/mol. The van der Waals surface area contributed by atoms with Gasteiger partial charge < -0.3 is 10.3 Å². The summed E-state index contributed by atoms with van der Waals surface area (Å²) in [7, 11) is 0. The topological polar surface area (TPSA) is 83.6 Å². The number of nitrogens with zero attached hydrogens (tertiary/aromatic N) is 1. The van der Waals surface area contributed by atoms with Crippen LogP contribution in [0.4, 0.5) is 0 Å². The summed E-state index contributed by atoms with van der Waals surface area (Å²) in [6.45, 7) is 1.93. The summed E-state index contributed by atoms with van der Waals surface area (Å²) >= 11 is 0. The van der Waals surface area contributed by atoms with E-state index in [9.17, 15) is 0 Å². The molecule has 0 rings (SSSR count). The largest absolute Gasteiger partial charge is 0.397 e. The Labute approximate surface area is 76.0 Å². The molecule has 0 saturated heterocycles. The van der Waals surface area contributed by atoms with Gasteiger partial charge in [0.15, 0.2) is 0 Å². The summed E-state index contributed by atoms with van der Waals surface area (Å²) in [6.07, 6.45) is 0. The Morgan fingerprint density at radius 3 is 1.75 bits per heavy atom. The van der Waals surface area contributed by atoms with Crippen LogP contribution in [-0.4, -0.2) is 22.0 Å². The van der Waals surface area contributed by atoms with Crippen LogP contribution in [-0.2, 0) is 0 Å². The van der Waals surface area contributed by atoms with Gasteiger partial charge in [-0.15, -0.1) is 10.1 Å². The van der Waals surface area contributed by atoms with Crippen molar-refractivity contribution >= 4 is 0 Å². The maximum atomic E-state index is 8.36. The molecule has 0 aliphatic rings. The van der Waals surface area contributed by atoms with Crippen LogP contribution in [0.25, 0.3) is 0 Å². The predicted octanol–water partition coefficient (Wildman–Crippen LogP) is -0.349. The molecule has 2 N–H and O–H groups in total. The third-order valence-electron chi connectivity index (χ3n) is 0. The van der Waals surface area contributed by atoms with Crippen molar-refractivity contribution in [1.29, 1.82) is 0 Å². The van der Waals surface area contributed by atoms with Gasteiger partial charge in [-0.1, -0.05) is 0 Å². The molecule has 8 heavy (non-hydrogen) atoms. The molecule has 5 nitrogen and oxygen atoms in total. The Hall–Kier alpha value is 0.407. The van der Waals surface area contributed by atoms with E-state index in [0.717, 1.165) is 0 Å². The Kier molecular flexibility index (Phi) is 30.9. The molecular weight excluding hydrogens is 269 g/mol. The zero-order valence-electron chi connectivity index (χ0n) is 4.15. The Balaban J connectivity index is -0.0000000575. The minimum atomic E-state index is -1.50. The van der Waals surface area contributed by atoms with Gasteiger partial charge in [-0.05, 0) is 6.92 Å². The average Bonchev–Trinajstić information content (AvgIpc) is 1.33. The van der Waals surface area contributed by atoms with Gasteiger partial charge in [0.2, 0.25) is 0 Å². The van der Waals surface area contributed by atoms with E-state index in [1.165, 1.54) is 0 Å². The van der Waals surface area contributed by atoms with Crippen LogP contribution < -0.4 is 0 Å². The van der Waals surface area contributed by atoms with E-state index in [4.69, 9.17) is 20.4 Å². The Bertz CT molecular complexity index is 45.3. The second kappa shape index (κ2) is 15.7. The fourth-order valence-electron chi connectivity index (χ4n) is 0. The maximum absolute atomic E-state index is 8.36. The van der Waals surface area contributed by atoms with Gasteiger partial charge in [0.1, 0.15) is 0 Å². The van der Waals surface area contributed by atoms with Gasteiger partial charge in [0.05, 0.1) is 0 Å². The molecule has 0 unspecified atom stereocenters. The number of aliphatic hydroxyl groups excluding tert-OH is 1. The van der Waals surface area contributed by atoms with Crippen molar-refractivity contribution in [3.05, 3.63) is 10.1 Å². The second-order valence-electron chi connectivity index (χ2n) is 0.554. The first-order valence-corrected chi connectivity index (χ1v) is 1.59. The molecule has 0 aromatic rings. The van der Waals surface area contributed by atoms with Crippen molar-refractivity contribution in [3.63, 3.8) is 0 Å². The van der Waals surface area contributed by atoms with Crippen LogP contribution >= 0.6 is 0 Å². The van der Waals surface area contributed by atoms with E-state index in [0.29, 0.717) is 0 Å². The van der Waals surface area contributed by atoms with Gasteiger partial charge in [-0.25, -0.2) is 0 Å². The van der Waals surface area contributed by atoms with Crippen molar-refractivity contribution < 1.29 is 52.7 Å². The van der Waals surface area contributed by atoms with Gasteiger partial charge in [0, 0.05) is 43.9 Å². The summed E-state index contributed by atoms with van der Waals surface area (Å²) in [6, 6.07) is 0. The van der Waals surface area contributed by atoms with Crippen molar-refractivity contribution in [2.45, 2.75) is 6.92 Å². The molecule has 0 aliphatic heterocycles. The molecule has 0 spiro atoms. The van der Waals surface area contributed by atoms with Crippen molar-refractivity contribution in [1.82, 2.24) is 0 Å². The minimum Gasteiger partial charge on any atom is -0.397 e. The fourth-order valence-corrected chi connectivity index (χ4v) is 0. The minimum absolute atomic E-state index is 0. The van der Waals surface area contributed by atoms with Crippen LogP contribution in [0.15, 0.2) is 0 Å². The van der Waals surface area contributed by atoms with Crippen molar-refractivity contribution in [3.8, 4) is 0 Å². The number of rotatable bonds is 0. The van der Waals surface area contributed by atoms with Gasteiger partial charge in [0.25, 0.3) is 5.09 Å². The maximum Gasteiger partial charge on any atom is 0.291 e. The van der Waals surface area contributed by atoms with E-state index in [-0.39, 0.29) is 43.9 Å². The monoisotopic (exact) mass is 275 g/mol. The Morgan fingerprint density at radius 1 is 1.75 bits per heavy atom. The van der Waals surface area contributed by atoms with Crippen LogP contribution in [0.2, 0.25) is 0 Å². The van der Waals surface area contributed by atoms with Gasteiger partial charge in [-0.2, -0.15) is 0 Å². The van der Waals surface area contributed by atoms with Gasteiger partial charge in [-0.3, -0.25) is 0 Å². The molecule has 0 aromatic heterocycles. The van der Waals surface area contributed by atoms with Crippen LogP contribution in [0, 0.1) is 47.4 Å². The molecule has 0 aromatic carbocycles. The molecule has 0 radical (unpaired) electrons. The van der Waals surface area contributed by atoms with Crippen molar-refractivity contribution in [2.24, 2.45) is 0 Å². The summed E-state index contributed by atoms with van der Waals surface area (Å²) in [5.41, 5.74) is 0. The van der Waals surface area contributed by atoms with E-state index in [1.807, 2.05) is 0 Å². The summed E-state index contributed by atoms with van der Waals surface area (Å²) < 4.78 is 0. The normalized spacial score (nSPS) is 5.25. The molecule has 0 bridgehead atoms. The standard InChI is InChI=1S/C2H6O.Er.HNO3/c1-2-3;;2-1(3)4/h3H,2H2,1H3;;(H,2,3,4). The molecule has 56 valence electrons. The molecule has 0 aliphatic carbocycles. The molecule has 0 amide bonds. The molecular formula is C2H7ErNO4. The third-order valence-corrected chi connectivity index (χ3v) is 0. The Morgan fingerprint density at radius 2 is 1.75 bits per heavy atom.